The van der Waals surface area contributed by atoms with E-state index < -0.39 is 115 Å². The van der Waals surface area contributed by atoms with Gasteiger partial charge in [-0.2, -0.15) is 0 Å². The van der Waals surface area contributed by atoms with Crippen molar-refractivity contribution in [2.24, 2.45) is 0 Å². The lowest BCUT2D eigenvalue weighted by Crippen LogP contribution is -2.67. The van der Waals surface area contributed by atoms with E-state index >= 15 is 0 Å². The van der Waals surface area contributed by atoms with E-state index in [4.69, 9.17) is 23.7 Å². The molecule has 12 N–H and O–H groups in total. The number of rotatable bonds is 26. The van der Waals surface area contributed by atoms with E-state index in [1.807, 2.05) is 0 Å². The third kappa shape index (κ3) is 18.5. The zero-order chi connectivity index (χ0) is 45.9. The average molecular weight is 883 g/mol. The number of nitrogens with one attached hydrogen (secondary N) is 4. The van der Waals surface area contributed by atoms with Crippen molar-refractivity contribution in [1.82, 2.24) is 21.3 Å². The van der Waals surface area contributed by atoms with Gasteiger partial charge in [0.2, 0.25) is 17.7 Å². The molecule has 22 nitrogen and oxygen atoms in total. The van der Waals surface area contributed by atoms with Crippen LogP contribution in [0.5, 0.6) is 0 Å². The van der Waals surface area contributed by atoms with E-state index in [1.165, 1.54) is 0 Å². The zero-order valence-corrected chi connectivity index (χ0v) is 35.8. The number of carboxylic acid groups (broad SMARTS) is 1. The lowest BCUT2D eigenvalue weighted by atomic mass is 9.88. The SMILES string of the molecule is CC(=O)N[C@H]1[C@H]([C@H](O)[C@H](O)CO)O[C@@](OCCCCCCNC(=O)CC[C@H](NC(=O)OC(C)(C)C)C(=O)NCCCCCCO[C@@H]2O[C@@H](C)[C@@H](O)[C@@H](O)[C@@H]2O)(C(=O)O)C[C@@H]1O. The molecule has 0 aromatic carbocycles. The lowest BCUT2D eigenvalue weighted by Gasteiger charge is -2.46. The number of aliphatic carboxylic acids is 1. The van der Waals surface area contributed by atoms with Gasteiger partial charge in [0, 0.05) is 39.5 Å². The van der Waals surface area contributed by atoms with Crippen LogP contribution in [0.2, 0.25) is 0 Å². The number of aliphatic hydroxyl groups is 7. The molecule has 12 atom stereocenters. The average Bonchev–Trinajstić information content (AvgIpc) is 3.18. The normalized spacial score (nSPS) is 28.2. The van der Waals surface area contributed by atoms with Gasteiger partial charge in [-0.05, 0) is 59.8 Å². The van der Waals surface area contributed by atoms with Crippen molar-refractivity contribution in [3.05, 3.63) is 0 Å². The Morgan fingerprint density at radius 1 is 0.852 bits per heavy atom. The highest BCUT2D eigenvalue weighted by Crippen LogP contribution is 2.34. The van der Waals surface area contributed by atoms with E-state index in [-0.39, 0.29) is 32.0 Å². The molecule has 0 aromatic heterocycles. The molecule has 0 aromatic rings. The maximum atomic E-state index is 13.1. The van der Waals surface area contributed by atoms with Crippen molar-refractivity contribution < 1.29 is 88.5 Å². The van der Waals surface area contributed by atoms with Gasteiger partial charge >= 0.3 is 12.1 Å². The number of carboxylic acids is 1. The highest BCUT2D eigenvalue weighted by atomic mass is 16.7. The summed E-state index contributed by atoms with van der Waals surface area (Å²) < 4.78 is 27.4. The third-order valence-electron chi connectivity index (χ3n) is 10.0. The Morgan fingerprint density at radius 2 is 1.46 bits per heavy atom. The minimum Gasteiger partial charge on any atom is -0.477 e. The first kappa shape index (κ1) is 53.8. The predicted octanol–water partition coefficient (Wildman–Crippen LogP) is -1.98. The minimum absolute atomic E-state index is 0.00444. The quantitative estimate of drug-likeness (QED) is 0.0419. The van der Waals surface area contributed by atoms with Crippen molar-refractivity contribution in [2.45, 2.75) is 184 Å². The van der Waals surface area contributed by atoms with Crippen LogP contribution in [0.4, 0.5) is 4.79 Å². The fourth-order valence-electron chi connectivity index (χ4n) is 6.67. The molecule has 2 aliphatic heterocycles. The summed E-state index contributed by atoms with van der Waals surface area (Å²) in [5.74, 6) is -5.46. The Kier molecular flexibility index (Phi) is 23.3. The second-order valence-corrected chi connectivity index (χ2v) is 16.5. The number of alkyl carbamates (subject to hydrolysis) is 1. The van der Waals surface area contributed by atoms with Crippen LogP contribution in [0.15, 0.2) is 0 Å². The molecule has 0 spiro atoms. The molecule has 354 valence electrons. The molecular formula is C39H70N4O18. The van der Waals surface area contributed by atoms with E-state index in [0.717, 1.165) is 19.8 Å². The highest BCUT2D eigenvalue weighted by Gasteiger charge is 2.55. The van der Waals surface area contributed by atoms with Gasteiger partial charge in [0.05, 0.1) is 31.5 Å². The molecule has 0 radical (unpaired) electrons. The van der Waals surface area contributed by atoms with Crippen LogP contribution in [-0.4, -0.2) is 182 Å². The molecule has 2 aliphatic rings. The van der Waals surface area contributed by atoms with Crippen molar-refractivity contribution in [1.29, 1.82) is 0 Å². The number of aliphatic hydroxyl groups excluding tert-OH is 7. The van der Waals surface area contributed by atoms with Gasteiger partial charge < -0.3 is 85.8 Å². The first-order valence-electron chi connectivity index (χ1n) is 20.9. The van der Waals surface area contributed by atoms with Gasteiger partial charge in [0.15, 0.2) is 6.29 Å². The second-order valence-electron chi connectivity index (χ2n) is 16.5. The standard InChI is InChI=1S/C39H70N4O18/c1-22-29(49)31(51)32(52)35(59-22)57-18-12-8-6-11-17-41-34(53)24(43-37(56)61-38(3,4)5)14-15-27(48)40-16-10-7-9-13-19-58-39(36(54)55)20-25(46)28(42-23(2)45)33(60-39)30(50)26(47)21-44/h22,24-26,28-33,35,44,46-47,49-52H,6-21H2,1-5H3,(H,40,48)(H,41,53)(H,42,45)(H,43,56)(H,54,55)/t22-,24-,25-,26+,28+,29+,30+,31+,32-,33+,35+,39+/m0/s1. The van der Waals surface area contributed by atoms with Gasteiger partial charge in [-0.3, -0.25) is 14.4 Å². The number of hydrogen-bond acceptors (Lipinski definition) is 17. The van der Waals surface area contributed by atoms with Crippen molar-refractivity contribution in [2.75, 3.05) is 32.9 Å². The molecule has 2 fully saturated rings. The molecule has 2 heterocycles. The highest BCUT2D eigenvalue weighted by molar-refractivity contribution is 5.86. The number of ether oxygens (including phenoxy) is 5. The zero-order valence-electron chi connectivity index (χ0n) is 35.8. The van der Waals surface area contributed by atoms with Gasteiger partial charge in [-0.15, -0.1) is 0 Å². The Morgan fingerprint density at radius 3 is 2.05 bits per heavy atom. The summed E-state index contributed by atoms with van der Waals surface area (Å²) in [5.41, 5.74) is -0.821. The third-order valence-corrected chi connectivity index (χ3v) is 10.0. The minimum atomic E-state index is -2.41. The molecule has 0 unspecified atom stereocenters. The summed E-state index contributed by atoms with van der Waals surface area (Å²) in [5, 5.41) is 90.7. The molecular weight excluding hydrogens is 812 g/mol. The van der Waals surface area contributed by atoms with Crippen molar-refractivity contribution >= 4 is 29.8 Å². The number of amides is 4. The summed E-state index contributed by atoms with van der Waals surface area (Å²) in [7, 11) is 0. The number of unbranched alkanes of at least 4 members (excludes halogenated alkanes) is 6. The van der Waals surface area contributed by atoms with Gasteiger partial charge in [0.25, 0.3) is 5.79 Å². The van der Waals surface area contributed by atoms with E-state index in [0.29, 0.717) is 51.6 Å². The Labute approximate surface area is 356 Å². The van der Waals surface area contributed by atoms with Crippen LogP contribution in [0.25, 0.3) is 0 Å². The molecule has 61 heavy (non-hydrogen) atoms. The molecule has 4 amide bonds. The molecule has 22 heteroatoms. The van der Waals surface area contributed by atoms with E-state index in [9.17, 15) is 64.8 Å². The fourth-order valence-corrected chi connectivity index (χ4v) is 6.67. The summed E-state index contributed by atoms with van der Waals surface area (Å²) in [6.07, 6.45) is -9.30. The predicted molar refractivity (Wildman–Crippen MR) is 212 cm³/mol. The van der Waals surface area contributed by atoms with Crippen LogP contribution in [0.1, 0.15) is 105 Å². The Bertz CT molecular complexity index is 1370. The topological polar surface area (TPSA) is 341 Å². The summed E-state index contributed by atoms with van der Waals surface area (Å²) in [4.78, 5) is 62.2. The van der Waals surface area contributed by atoms with Crippen LogP contribution in [0.3, 0.4) is 0 Å². The molecule has 2 saturated heterocycles. The number of carbonyl (C=O) groups is 5. The smallest absolute Gasteiger partial charge is 0.408 e. The number of hydrogen-bond donors (Lipinski definition) is 12. The van der Waals surface area contributed by atoms with E-state index in [1.54, 1.807) is 27.7 Å². The summed E-state index contributed by atoms with van der Waals surface area (Å²) >= 11 is 0. The fraction of sp³-hybridized carbons (Fsp3) is 0.872. The maximum Gasteiger partial charge on any atom is 0.408 e. The second kappa shape index (κ2) is 26.4. The molecule has 0 aliphatic carbocycles. The maximum absolute atomic E-state index is 13.1. The first-order valence-corrected chi connectivity index (χ1v) is 20.9. The summed E-state index contributed by atoms with van der Waals surface area (Å²) in [6.45, 7) is 7.56. The monoisotopic (exact) mass is 882 g/mol. The first-order chi connectivity index (χ1) is 28.6. The van der Waals surface area contributed by atoms with Crippen LogP contribution >= 0.6 is 0 Å². The van der Waals surface area contributed by atoms with Crippen molar-refractivity contribution in [3.8, 4) is 0 Å². The molecule has 2 rings (SSSR count). The van der Waals surface area contributed by atoms with Gasteiger partial charge in [-0.25, -0.2) is 9.59 Å². The number of carbonyl (C=O) groups excluding carboxylic acids is 4. The van der Waals surface area contributed by atoms with Gasteiger partial charge in [-0.1, -0.05) is 25.7 Å². The summed E-state index contributed by atoms with van der Waals surface area (Å²) in [6, 6.07) is -2.35. The van der Waals surface area contributed by atoms with E-state index in [2.05, 4.69) is 21.3 Å². The Hall–Kier alpha value is -3.29. The van der Waals surface area contributed by atoms with Crippen LogP contribution < -0.4 is 21.3 Å². The largest absolute Gasteiger partial charge is 0.477 e. The van der Waals surface area contributed by atoms with Gasteiger partial charge in [0.1, 0.15) is 48.3 Å². The Balaban J connectivity index is 1.74. The molecule has 0 saturated carbocycles. The van der Waals surface area contributed by atoms with Crippen LogP contribution in [-0.2, 0) is 42.9 Å². The lowest BCUT2D eigenvalue weighted by molar-refractivity contribution is -0.311. The van der Waals surface area contributed by atoms with Crippen LogP contribution in [0, 0.1) is 0 Å². The van der Waals surface area contributed by atoms with Crippen molar-refractivity contribution in [3.63, 3.8) is 0 Å². The molecule has 0 bridgehead atoms.